The summed E-state index contributed by atoms with van der Waals surface area (Å²) in [4.78, 5) is 22.8. The maximum absolute atomic E-state index is 14.2. The summed E-state index contributed by atoms with van der Waals surface area (Å²) in [7, 11) is 1.52. The highest BCUT2D eigenvalue weighted by molar-refractivity contribution is 7.22. The van der Waals surface area contributed by atoms with Gasteiger partial charge in [0.25, 0.3) is 5.91 Å². The second-order valence-electron chi connectivity index (χ2n) is 6.87. The highest BCUT2D eigenvalue weighted by Crippen LogP contribution is 2.32. The number of imidazole rings is 1. The van der Waals surface area contributed by atoms with E-state index < -0.39 is 11.6 Å². The molecule has 1 amide bonds. The summed E-state index contributed by atoms with van der Waals surface area (Å²) < 4.78 is 40.9. The first-order chi connectivity index (χ1) is 15.5. The fraction of sp³-hybridized carbons (Fsp3) is 0.227. The van der Waals surface area contributed by atoms with Crippen LogP contribution >= 0.6 is 23.7 Å². The van der Waals surface area contributed by atoms with Crippen LogP contribution in [-0.4, -0.2) is 40.7 Å². The molecular weight excluding hydrogens is 474 g/mol. The number of aryl methyl sites for hydroxylation is 1. The van der Waals surface area contributed by atoms with Crippen LogP contribution in [-0.2, 0) is 11.3 Å². The van der Waals surface area contributed by atoms with Gasteiger partial charge in [-0.15, -0.1) is 12.4 Å². The number of benzene rings is 2. The van der Waals surface area contributed by atoms with Crippen molar-refractivity contribution in [3.8, 4) is 11.5 Å². The highest BCUT2D eigenvalue weighted by Gasteiger charge is 2.22. The largest absolute Gasteiger partial charge is 0.493 e. The number of nitrogens with zero attached hydrogens (tertiary/aromatic N) is 4. The van der Waals surface area contributed by atoms with E-state index in [1.54, 1.807) is 36.8 Å². The zero-order chi connectivity index (χ0) is 22.5. The van der Waals surface area contributed by atoms with Crippen molar-refractivity contribution < 1.29 is 23.0 Å². The van der Waals surface area contributed by atoms with Gasteiger partial charge in [-0.1, -0.05) is 23.5 Å². The lowest BCUT2D eigenvalue weighted by molar-refractivity contribution is -0.120. The standard InChI is InChI=1S/C22H20F2N4O3S.ClH/c1-30-17-5-2-3-6-18(17)31-13-20(29)28(9-4-8-27-10-7-25-14-27)22-26-21-16(24)11-15(23)12-19(21)32-22;/h2-3,5-7,10-12,14H,4,8-9,13H2,1H3;1H. The molecule has 0 radical (unpaired) electrons. The average Bonchev–Trinajstić information content (AvgIpc) is 3.45. The van der Waals surface area contributed by atoms with Crippen LogP contribution in [0, 0.1) is 11.6 Å². The molecule has 2 heterocycles. The van der Waals surface area contributed by atoms with E-state index in [1.165, 1.54) is 18.1 Å². The van der Waals surface area contributed by atoms with Crippen LogP contribution in [0.15, 0.2) is 55.1 Å². The van der Waals surface area contributed by atoms with Gasteiger partial charge < -0.3 is 14.0 Å². The smallest absolute Gasteiger partial charge is 0.266 e. The van der Waals surface area contributed by atoms with Crippen LogP contribution in [0.4, 0.5) is 13.9 Å². The van der Waals surface area contributed by atoms with Gasteiger partial charge in [-0.2, -0.15) is 0 Å². The van der Waals surface area contributed by atoms with Gasteiger partial charge in [0.2, 0.25) is 0 Å². The lowest BCUT2D eigenvalue weighted by Gasteiger charge is -2.20. The van der Waals surface area contributed by atoms with E-state index in [4.69, 9.17) is 9.47 Å². The van der Waals surface area contributed by atoms with E-state index in [-0.39, 0.29) is 35.6 Å². The SMILES string of the molecule is COc1ccccc1OCC(=O)N(CCCn1ccnc1)c1nc2c(F)cc(F)cc2s1.Cl. The fourth-order valence-corrected chi connectivity index (χ4v) is 4.22. The Morgan fingerprint density at radius 1 is 1.21 bits per heavy atom. The Hall–Kier alpha value is -3.24. The molecule has 0 aliphatic heterocycles. The quantitative estimate of drug-likeness (QED) is 0.337. The molecule has 33 heavy (non-hydrogen) atoms. The first kappa shape index (κ1) is 24.4. The molecule has 0 atom stereocenters. The number of carbonyl (C=O) groups is 1. The average molecular weight is 495 g/mol. The predicted molar refractivity (Wildman–Crippen MR) is 124 cm³/mol. The molecule has 0 spiro atoms. The van der Waals surface area contributed by atoms with Crippen molar-refractivity contribution in [2.24, 2.45) is 0 Å². The number of amides is 1. The van der Waals surface area contributed by atoms with Crippen molar-refractivity contribution in [2.75, 3.05) is 25.2 Å². The van der Waals surface area contributed by atoms with Crippen molar-refractivity contribution in [2.45, 2.75) is 13.0 Å². The van der Waals surface area contributed by atoms with E-state index in [0.717, 1.165) is 17.4 Å². The number of halogens is 3. The van der Waals surface area contributed by atoms with Crippen molar-refractivity contribution in [1.29, 1.82) is 0 Å². The van der Waals surface area contributed by atoms with Crippen LogP contribution in [0.5, 0.6) is 11.5 Å². The van der Waals surface area contributed by atoms with Crippen LogP contribution in [0.25, 0.3) is 10.2 Å². The van der Waals surface area contributed by atoms with Gasteiger partial charge in [0.1, 0.15) is 11.3 Å². The van der Waals surface area contributed by atoms with Crippen LogP contribution < -0.4 is 14.4 Å². The lowest BCUT2D eigenvalue weighted by Crippen LogP contribution is -2.36. The summed E-state index contributed by atoms with van der Waals surface area (Å²) in [5.74, 6) is -0.883. The Morgan fingerprint density at radius 3 is 2.73 bits per heavy atom. The van der Waals surface area contributed by atoms with E-state index in [2.05, 4.69) is 9.97 Å². The number of para-hydroxylation sites is 2. The van der Waals surface area contributed by atoms with E-state index in [0.29, 0.717) is 35.7 Å². The van der Waals surface area contributed by atoms with Gasteiger partial charge in [-0.25, -0.2) is 18.7 Å². The third-order valence-electron chi connectivity index (χ3n) is 4.71. The number of thiazole rings is 1. The highest BCUT2D eigenvalue weighted by atomic mass is 35.5. The topological polar surface area (TPSA) is 69.5 Å². The Kier molecular flexibility index (Phi) is 8.18. The van der Waals surface area contributed by atoms with Gasteiger partial charge in [0, 0.05) is 31.5 Å². The molecule has 0 bridgehead atoms. The molecule has 4 rings (SSSR count). The van der Waals surface area contributed by atoms with Crippen molar-refractivity contribution in [3.05, 3.63) is 66.8 Å². The Morgan fingerprint density at radius 2 is 2.00 bits per heavy atom. The molecule has 0 unspecified atom stereocenters. The second-order valence-corrected chi connectivity index (χ2v) is 7.88. The van der Waals surface area contributed by atoms with Crippen LogP contribution in [0.3, 0.4) is 0 Å². The third-order valence-corrected chi connectivity index (χ3v) is 5.74. The molecule has 2 aromatic carbocycles. The molecule has 0 fully saturated rings. The number of carbonyl (C=O) groups excluding carboxylic acids is 1. The number of fused-ring (bicyclic) bond motifs is 1. The van der Waals surface area contributed by atoms with Crippen LogP contribution in [0.1, 0.15) is 6.42 Å². The molecule has 0 N–H and O–H groups in total. The van der Waals surface area contributed by atoms with E-state index in [9.17, 15) is 13.6 Å². The third kappa shape index (κ3) is 5.77. The summed E-state index contributed by atoms with van der Waals surface area (Å²) in [5, 5.41) is 0.281. The lowest BCUT2D eigenvalue weighted by atomic mass is 10.3. The van der Waals surface area contributed by atoms with Gasteiger partial charge >= 0.3 is 0 Å². The Labute approximate surface area is 199 Å². The maximum Gasteiger partial charge on any atom is 0.266 e. The molecule has 11 heteroatoms. The molecule has 0 aliphatic rings. The van der Waals surface area contributed by atoms with Crippen molar-refractivity contribution >= 4 is 45.0 Å². The Bertz CT molecular complexity index is 1220. The fourth-order valence-electron chi connectivity index (χ4n) is 3.17. The molecule has 7 nitrogen and oxygen atoms in total. The molecule has 174 valence electrons. The Balaban J connectivity index is 0.00000306. The minimum atomic E-state index is -0.765. The van der Waals surface area contributed by atoms with Crippen molar-refractivity contribution in [3.63, 3.8) is 0 Å². The molecule has 4 aromatic rings. The normalized spacial score (nSPS) is 10.6. The number of hydrogen-bond acceptors (Lipinski definition) is 6. The first-order valence-corrected chi connectivity index (χ1v) is 10.6. The van der Waals surface area contributed by atoms with Gasteiger partial charge in [-0.05, 0) is 24.6 Å². The monoisotopic (exact) mass is 494 g/mol. The van der Waals surface area contributed by atoms with Gasteiger partial charge in [-0.3, -0.25) is 9.69 Å². The summed E-state index contributed by atoms with van der Waals surface area (Å²) in [6.07, 6.45) is 5.79. The molecule has 2 aromatic heterocycles. The first-order valence-electron chi connectivity index (χ1n) is 9.82. The number of anilines is 1. The van der Waals surface area contributed by atoms with Crippen molar-refractivity contribution in [1.82, 2.24) is 14.5 Å². The number of aromatic nitrogens is 3. The number of methoxy groups -OCH3 is 1. The molecule has 0 saturated carbocycles. The zero-order valence-corrected chi connectivity index (χ0v) is 19.2. The predicted octanol–water partition coefficient (Wildman–Crippen LogP) is 4.70. The summed E-state index contributed by atoms with van der Waals surface area (Å²) in [6, 6.07) is 8.99. The number of rotatable bonds is 9. The number of ether oxygens (including phenoxy) is 2. The van der Waals surface area contributed by atoms with Gasteiger partial charge in [0.05, 0.1) is 18.1 Å². The second kappa shape index (κ2) is 11.1. The van der Waals surface area contributed by atoms with Crippen LogP contribution in [0.2, 0.25) is 0 Å². The summed E-state index contributed by atoms with van der Waals surface area (Å²) in [6.45, 7) is 0.680. The minimum Gasteiger partial charge on any atom is -0.493 e. The minimum absolute atomic E-state index is 0. The summed E-state index contributed by atoms with van der Waals surface area (Å²) in [5.41, 5.74) is 0.0319. The maximum atomic E-state index is 14.2. The molecule has 0 saturated heterocycles. The summed E-state index contributed by atoms with van der Waals surface area (Å²) >= 11 is 1.05. The van der Waals surface area contributed by atoms with E-state index in [1.807, 2.05) is 10.8 Å². The number of hydrogen-bond donors (Lipinski definition) is 0. The van der Waals surface area contributed by atoms with Gasteiger partial charge in [0.15, 0.2) is 29.1 Å². The van der Waals surface area contributed by atoms with E-state index >= 15 is 0 Å². The molecular formula is C22H21ClF2N4O3S. The molecule has 0 aliphatic carbocycles. The zero-order valence-electron chi connectivity index (χ0n) is 17.6.